The number of aryl methyl sites for hydroxylation is 1. The predicted octanol–water partition coefficient (Wildman–Crippen LogP) is 4.87. The van der Waals surface area contributed by atoms with Crippen LogP contribution in [0.2, 0.25) is 0 Å². The molecule has 2 aromatic carbocycles. The molecule has 0 bridgehead atoms. The third-order valence-electron chi connectivity index (χ3n) is 5.58. The largest absolute Gasteiger partial charge is 0.322 e. The van der Waals surface area contributed by atoms with E-state index in [0.717, 1.165) is 65.2 Å². The molecule has 1 aliphatic rings. The van der Waals surface area contributed by atoms with Crippen molar-refractivity contribution in [3.8, 4) is 11.4 Å². The highest BCUT2D eigenvalue weighted by atomic mass is 16.1. The maximum absolute atomic E-state index is 12.5. The number of pyridine rings is 1. The van der Waals surface area contributed by atoms with Crippen LogP contribution in [-0.2, 0) is 17.8 Å². The van der Waals surface area contributed by atoms with Crippen LogP contribution < -0.4 is 5.32 Å². The Morgan fingerprint density at radius 3 is 2.87 bits per heavy atom. The molecular weight excluding hydrogens is 386 g/mol. The number of carbonyl (C=O) groups excluding carboxylic acids is 1. The Balaban J connectivity index is 1.35. The van der Waals surface area contributed by atoms with Gasteiger partial charge in [-0.15, -0.1) is 10.2 Å². The molecule has 0 spiro atoms. The molecule has 3 heterocycles. The highest BCUT2D eigenvalue weighted by Crippen LogP contribution is 2.25. The van der Waals surface area contributed by atoms with Crippen molar-refractivity contribution in [3.63, 3.8) is 0 Å². The smallest absolute Gasteiger partial charge is 0.248 e. The molecule has 1 aliphatic heterocycles. The summed E-state index contributed by atoms with van der Waals surface area (Å²) in [4.78, 5) is 17.0. The summed E-state index contributed by atoms with van der Waals surface area (Å²) in [6.07, 6.45) is 9.59. The lowest BCUT2D eigenvalue weighted by Gasteiger charge is -2.09. The molecule has 1 N–H and O–H groups in total. The van der Waals surface area contributed by atoms with Gasteiger partial charge in [-0.1, -0.05) is 42.8 Å². The molecule has 0 atom stereocenters. The number of nitrogens with one attached hydrogen (secondary N) is 1. The summed E-state index contributed by atoms with van der Waals surface area (Å²) in [5.41, 5.74) is 3.48. The molecule has 0 saturated carbocycles. The summed E-state index contributed by atoms with van der Waals surface area (Å²) in [5.74, 6) is 1.73. The normalized spacial score (nSPS) is 13.8. The molecule has 0 unspecified atom stereocenters. The second kappa shape index (κ2) is 8.52. The van der Waals surface area contributed by atoms with Gasteiger partial charge in [0.05, 0.1) is 5.52 Å². The van der Waals surface area contributed by atoms with Crippen LogP contribution in [0.25, 0.3) is 28.4 Å². The van der Waals surface area contributed by atoms with Gasteiger partial charge < -0.3 is 9.88 Å². The number of aromatic nitrogens is 4. The van der Waals surface area contributed by atoms with E-state index >= 15 is 0 Å². The number of amides is 1. The first-order chi connectivity index (χ1) is 15.3. The lowest BCUT2D eigenvalue weighted by molar-refractivity contribution is -0.111. The lowest BCUT2D eigenvalue weighted by atomic mass is 10.1. The molecule has 0 saturated heterocycles. The van der Waals surface area contributed by atoms with Crippen LogP contribution >= 0.6 is 0 Å². The number of fused-ring (bicyclic) bond motifs is 2. The Hall–Kier alpha value is -3.80. The van der Waals surface area contributed by atoms with Gasteiger partial charge in [0.15, 0.2) is 5.82 Å². The predicted molar refractivity (Wildman–Crippen MR) is 122 cm³/mol. The first kappa shape index (κ1) is 19.2. The van der Waals surface area contributed by atoms with Gasteiger partial charge in [0.2, 0.25) is 5.91 Å². The van der Waals surface area contributed by atoms with E-state index in [1.54, 1.807) is 18.3 Å². The number of nitrogens with zero attached hydrogens (tertiary/aromatic N) is 4. The van der Waals surface area contributed by atoms with Gasteiger partial charge in [-0.05, 0) is 37.1 Å². The van der Waals surface area contributed by atoms with Crippen molar-refractivity contribution >= 4 is 28.6 Å². The minimum absolute atomic E-state index is 0.190. The lowest BCUT2D eigenvalue weighted by Crippen LogP contribution is -2.08. The van der Waals surface area contributed by atoms with Crippen LogP contribution in [0.5, 0.6) is 0 Å². The molecule has 2 aromatic heterocycles. The van der Waals surface area contributed by atoms with Crippen molar-refractivity contribution < 1.29 is 4.79 Å². The Morgan fingerprint density at radius 2 is 1.90 bits per heavy atom. The van der Waals surface area contributed by atoms with Crippen LogP contribution in [0, 0.1) is 0 Å². The highest BCUT2D eigenvalue weighted by Gasteiger charge is 2.16. The molecule has 6 nitrogen and oxygen atoms in total. The second-order valence-electron chi connectivity index (χ2n) is 7.73. The summed E-state index contributed by atoms with van der Waals surface area (Å²) >= 11 is 0. The maximum Gasteiger partial charge on any atom is 0.248 e. The summed E-state index contributed by atoms with van der Waals surface area (Å²) in [6, 6.07) is 17.6. The first-order valence-corrected chi connectivity index (χ1v) is 10.6. The molecule has 0 radical (unpaired) electrons. The van der Waals surface area contributed by atoms with E-state index in [9.17, 15) is 4.79 Å². The van der Waals surface area contributed by atoms with E-state index in [2.05, 4.69) is 25.1 Å². The van der Waals surface area contributed by atoms with Gasteiger partial charge in [0, 0.05) is 47.4 Å². The molecule has 1 amide bonds. The number of hydrogen-bond acceptors (Lipinski definition) is 4. The average Bonchev–Trinajstić information content (AvgIpc) is 3.06. The van der Waals surface area contributed by atoms with Crippen LogP contribution in [0.15, 0.2) is 66.9 Å². The summed E-state index contributed by atoms with van der Waals surface area (Å²) in [6.45, 7) is 0.941. The van der Waals surface area contributed by atoms with E-state index < -0.39 is 0 Å². The molecule has 0 aliphatic carbocycles. The van der Waals surface area contributed by atoms with Crippen molar-refractivity contribution in [1.29, 1.82) is 0 Å². The van der Waals surface area contributed by atoms with E-state index in [-0.39, 0.29) is 5.91 Å². The third-order valence-corrected chi connectivity index (χ3v) is 5.58. The van der Waals surface area contributed by atoms with Crippen LogP contribution in [0.3, 0.4) is 0 Å². The molecular formula is C25H23N5O. The van der Waals surface area contributed by atoms with Gasteiger partial charge in [-0.2, -0.15) is 0 Å². The van der Waals surface area contributed by atoms with Crippen molar-refractivity contribution in [2.24, 2.45) is 0 Å². The van der Waals surface area contributed by atoms with E-state index in [0.29, 0.717) is 0 Å². The fraction of sp³-hybridized carbons (Fsp3) is 0.200. The minimum Gasteiger partial charge on any atom is -0.322 e. The minimum atomic E-state index is -0.190. The highest BCUT2D eigenvalue weighted by molar-refractivity contribution is 6.03. The number of benzene rings is 2. The molecule has 31 heavy (non-hydrogen) atoms. The third kappa shape index (κ3) is 4.10. The van der Waals surface area contributed by atoms with Gasteiger partial charge in [-0.3, -0.25) is 9.78 Å². The standard InChI is InChI=1S/C25H23N5O/c31-23(14-13-19-8-4-7-18-10-6-15-26-24(18)19)27-21-11-5-9-20(17-21)25-29-28-22-12-2-1-3-16-30(22)25/h4-11,13-15,17H,1-3,12,16H2,(H,27,31)/b14-13+. The van der Waals surface area contributed by atoms with E-state index in [1.807, 2.05) is 54.6 Å². The van der Waals surface area contributed by atoms with Crippen LogP contribution in [0.4, 0.5) is 5.69 Å². The van der Waals surface area contributed by atoms with E-state index in [4.69, 9.17) is 0 Å². The van der Waals surface area contributed by atoms with Crippen LogP contribution in [-0.4, -0.2) is 25.7 Å². The number of rotatable bonds is 4. The van der Waals surface area contributed by atoms with Gasteiger partial charge in [0.1, 0.15) is 5.82 Å². The maximum atomic E-state index is 12.5. The number of carbonyl (C=O) groups is 1. The zero-order valence-electron chi connectivity index (χ0n) is 17.2. The zero-order valence-corrected chi connectivity index (χ0v) is 17.2. The van der Waals surface area contributed by atoms with Crippen molar-refractivity contribution in [1.82, 2.24) is 19.7 Å². The quantitative estimate of drug-likeness (QED) is 0.488. The zero-order chi connectivity index (χ0) is 21.0. The van der Waals surface area contributed by atoms with Crippen molar-refractivity contribution in [2.45, 2.75) is 32.2 Å². The summed E-state index contributed by atoms with van der Waals surface area (Å²) in [7, 11) is 0. The van der Waals surface area contributed by atoms with Crippen molar-refractivity contribution in [3.05, 3.63) is 78.3 Å². The Kier molecular flexibility index (Phi) is 5.27. The molecule has 154 valence electrons. The number of anilines is 1. The molecule has 0 fully saturated rings. The van der Waals surface area contributed by atoms with E-state index in [1.165, 1.54) is 6.42 Å². The fourth-order valence-corrected chi connectivity index (χ4v) is 4.05. The Bertz CT molecular complexity index is 1270. The molecule has 6 heteroatoms. The first-order valence-electron chi connectivity index (χ1n) is 10.6. The van der Waals surface area contributed by atoms with Crippen molar-refractivity contribution in [2.75, 3.05) is 5.32 Å². The van der Waals surface area contributed by atoms with Gasteiger partial charge in [0.25, 0.3) is 0 Å². The Labute approximate surface area is 180 Å². The molecule has 5 rings (SSSR count). The monoisotopic (exact) mass is 409 g/mol. The van der Waals surface area contributed by atoms with Crippen LogP contribution in [0.1, 0.15) is 30.7 Å². The molecule has 4 aromatic rings. The SMILES string of the molecule is O=C(/C=C/c1cccc2cccnc12)Nc1cccc(-c2nnc3n2CCCCC3)c1. The second-order valence-corrected chi connectivity index (χ2v) is 7.73. The Morgan fingerprint density at radius 1 is 1.00 bits per heavy atom. The number of hydrogen-bond donors (Lipinski definition) is 1. The topological polar surface area (TPSA) is 72.7 Å². The average molecular weight is 409 g/mol. The van der Waals surface area contributed by atoms with Gasteiger partial charge in [-0.25, -0.2) is 0 Å². The fourth-order valence-electron chi connectivity index (χ4n) is 4.05. The summed E-state index contributed by atoms with van der Waals surface area (Å²) < 4.78 is 2.21. The van der Waals surface area contributed by atoms with Gasteiger partial charge >= 0.3 is 0 Å². The summed E-state index contributed by atoms with van der Waals surface area (Å²) in [5, 5.41) is 12.8. The number of para-hydroxylation sites is 1.